The summed E-state index contributed by atoms with van der Waals surface area (Å²) in [7, 11) is 0. The van der Waals surface area contributed by atoms with Gasteiger partial charge in [-0.15, -0.1) is 0 Å². The molecule has 1 aliphatic rings. The Morgan fingerprint density at radius 3 is 1.81 bits per heavy atom. The highest BCUT2D eigenvalue weighted by Crippen LogP contribution is 2.25. The third-order valence-corrected chi connectivity index (χ3v) is 3.11. The molecular weight excluding hydrogens is 200 g/mol. The van der Waals surface area contributed by atoms with Gasteiger partial charge in [0.05, 0.1) is 17.8 Å². The molecule has 0 radical (unpaired) electrons. The van der Waals surface area contributed by atoms with Crippen molar-refractivity contribution in [3.05, 3.63) is 0 Å². The fourth-order valence-corrected chi connectivity index (χ4v) is 2.29. The highest BCUT2D eigenvalue weighted by atomic mass is 15.2. The van der Waals surface area contributed by atoms with E-state index in [1.807, 2.05) is 0 Å². The predicted molar refractivity (Wildman–Crippen MR) is 62.3 cm³/mol. The molecule has 0 aromatic carbocycles. The van der Waals surface area contributed by atoms with Gasteiger partial charge in [-0.1, -0.05) is 19.3 Å². The van der Waals surface area contributed by atoms with Gasteiger partial charge >= 0.3 is 0 Å². The number of hydrogen-bond donors (Lipinski definition) is 2. The highest BCUT2D eigenvalue weighted by Gasteiger charge is 2.30. The van der Waals surface area contributed by atoms with Gasteiger partial charge in [-0.05, 0) is 12.8 Å². The molecule has 88 valence electrons. The van der Waals surface area contributed by atoms with Crippen LogP contribution in [0.5, 0.6) is 0 Å². The molecule has 0 atom stereocenters. The van der Waals surface area contributed by atoms with Crippen molar-refractivity contribution in [1.29, 1.82) is 10.5 Å². The second-order valence-corrected chi connectivity index (χ2v) is 4.31. The molecule has 0 spiro atoms. The summed E-state index contributed by atoms with van der Waals surface area (Å²) in [5.74, 6) is 0. The van der Waals surface area contributed by atoms with E-state index in [9.17, 15) is 0 Å². The molecular formula is C12H20N4. The first kappa shape index (κ1) is 13.0. The largest absolute Gasteiger partial charge is 0.298 e. The Hall–Kier alpha value is -1.10. The van der Waals surface area contributed by atoms with E-state index < -0.39 is 0 Å². The van der Waals surface area contributed by atoms with Crippen molar-refractivity contribution < 1.29 is 0 Å². The first-order chi connectivity index (χ1) is 7.83. The van der Waals surface area contributed by atoms with Crippen molar-refractivity contribution in [3.63, 3.8) is 0 Å². The van der Waals surface area contributed by atoms with E-state index in [2.05, 4.69) is 22.8 Å². The van der Waals surface area contributed by atoms with Crippen LogP contribution in [0.3, 0.4) is 0 Å². The van der Waals surface area contributed by atoms with Crippen LogP contribution in [0.1, 0.15) is 44.9 Å². The summed E-state index contributed by atoms with van der Waals surface area (Å²) in [6, 6.07) is 4.30. The Kier molecular flexibility index (Phi) is 5.85. The van der Waals surface area contributed by atoms with Gasteiger partial charge in [0.25, 0.3) is 0 Å². The van der Waals surface area contributed by atoms with Gasteiger partial charge in [-0.2, -0.15) is 10.5 Å². The van der Waals surface area contributed by atoms with Crippen molar-refractivity contribution in [2.45, 2.75) is 50.6 Å². The first-order valence-electron chi connectivity index (χ1n) is 6.07. The van der Waals surface area contributed by atoms with Crippen LogP contribution in [-0.4, -0.2) is 18.8 Å². The maximum absolute atomic E-state index is 8.54. The Morgan fingerprint density at radius 1 is 0.875 bits per heavy atom. The van der Waals surface area contributed by atoms with Crippen molar-refractivity contribution in [2.24, 2.45) is 0 Å². The number of hydrogen-bond acceptors (Lipinski definition) is 4. The quantitative estimate of drug-likeness (QED) is 0.527. The molecule has 4 heteroatoms. The molecule has 0 aromatic heterocycles. The van der Waals surface area contributed by atoms with Gasteiger partial charge < -0.3 is 0 Å². The standard InChI is InChI=1S/C12H20N4/c13-8-4-10-15-12(16-11-5-9-14)6-2-1-3-7-12/h15-16H,1-7,10-11H2. The van der Waals surface area contributed by atoms with Crippen molar-refractivity contribution in [3.8, 4) is 12.1 Å². The molecule has 0 heterocycles. The summed E-state index contributed by atoms with van der Waals surface area (Å²) in [5.41, 5.74) is -0.0219. The molecule has 2 N–H and O–H groups in total. The third kappa shape index (κ3) is 4.18. The van der Waals surface area contributed by atoms with Crippen LogP contribution in [0.2, 0.25) is 0 Å². The fraction of sp³-hybridized carbons (Fsp3) is 0.833. The van der Waals surface area contributed by atoms with Crippen molar-refractivity contribution in [2.75, 3.05) is 13.1 Å². The smallest absolute Gasteiger partial charge is 0.0687 e. The number of rotatable bonds is 6. The molecule has 1 aliphatic carbocycles. The molecule has 0 aliphatic heterocycles. The van der Waals surface area contributed by atoms with Gasteiger partial charge in [0, 0.05) is 25.9 Å². The minimum absolute atomic E-state index is 0.0219. The number of nitrogens with zero attached hydrogens (tertiary/aromatic N) is 2. The van der Waals surface area contributed by atoms with Gasteiger partial charge in [0.15, 0.2) is 0 Å². The van der Waals surface area contributed by atoms with Crippen LogP contribution in [0.15, 0.2) is 0 Å². The van der Waals surface area contributed by atoms with Gasteiger partial charge in [0.1, 0.15) is 0 Å². The van der Waals surface area contributed by atoms with E-state index in [4.69, 9.17) is 10.5 Å². The summed E-state index contributed by atoms with van der Waals surface area (Å²) in [5, 5.41) is 24.0. The summed E-state index contributed by atoms with van der Waals surface area (Å²) in [6.45, 7) is 1.46. The Bertz CT molecular complexity index is 246. The lowest BCUT2D eigenvalue weighted by Crippen LogP contribution is -2.58. The minimum Gasteiger partial charge on any atom is -0.298 e. The van der Waals surface area contributed by atoms with Crippen LogP contribution >= 0.6 is 0 Å². The lowest BCUT2D eigenvalue weighted by atomic mass is 9.88. The highest BCUT2D eigenvalue weighted by molar-refractivity contribution is 4.90. The fourth-order valence-electron chi connectivity index (χ4n) is 2.29. The van der Waals surface area contributed by atoms with E-state index in [0.29, 0.717) is 12.8 Å². The summed E-state index contributed by atoms with van der Waals surface area (Å²) >= 11 is 0. The van der Waals surface area contributed by atoms with E-state index in [1.165, 1.54) is 19.3 Å². The van der Waals surface area contributed by atoms with E-state index in [0.717, 1.165) is 25.9 Å². The molecule has 16 heavy (non-hydrogen) atoms. The number of nitrogens with one attached hydrogen (secondary N) is 2. The summed E-state index contributed by atoms with van der Waals surface area (Å²) in [6.07, 6.45) is 7.02. The first-order valence-corrected chi connectivity index (χ1v) is 6.07. The summed E-state index contributed by atoms with van der Waals surface area (Å²) in [4.78, 5) is 0. The third-order valence-electron chi connectivity index (χ3n) is 3.11. The molecule has 1 fully saturated rings. The molecule has 0 aromatic rings. The zero-order valence-corrected chi connectivity index (χ0v) is 9.76. The molecule has 0 bridgehead atoms. The normalized spacial score (nSPS) is 18.6. The molecule has 0 unspecified atom stereocenters. The zero-order chi connectivity index (χ0) is 11.7. The summed E-state index contributed by atoms with van der Waals surface area (Å²) < 4.78 is 0. The minimum atomic E-state index is -0.0219. The van der Waals surface area contributed by atoms with Crippen LogP contribution in [-0.2, 0) is 0 Å². The maximum atomic E-state index is 8.54. The Labute approximate surface area is 97.6 Å². The topological polar surface area (TPSA) is 71.6 Å². The van der Waals surface area contributed by atoms with E-state index >= 15 is 0 Å². The Balaban J connectivity index is 2.40. The average molecular weight is 220 g/mol. The van der Waals surface area contributed by atoms with E-state index in [-0.39, 0.29) is 5.66 Å². The van der Waals surface area contributed by atoms with Crippen molar-refractivity contribution in [1.82, 2.24) is 10.6 Å². The lowest BCUT2D eigenvalue weighted by molar-refractivity contribution is 0.184. The van der Waals surface area contributed by atoms with Gasteiger partial charge in [-0.3, -0.25) is 10.6 Å². The predicted octanol–water partition coefficient (Wildman–Crippen LogP) is 1.65. The van der Waals surface area contributed by atoms with Gasteiger partial charge in [-0.25, -0.2) is 0 Å². The van der Waals surface area contributed by atoms with Crippen LogP contribution in [0, 0.1) is 22.7 Å². The maximum Gasteiger partial charge on any atom is 0.0687 e. The molecule has 4 nitrogen and oxygen atoms in total. The number of nitriles is 2. The van der Waals surface area contributed by atoms with E-state index in [1.54, 1.807) is 0 Å². The van der Waals surface area contributed by atoms with Gasteiger partial charge in [0.2, 0.25) is 0 Å². The Morgan fingerprint density at radius 2 is 1.38 bits per heavy atom. The van der Waals surface area contributed by atoms with Crippen LogP contribution in [0.25, 0.3) is 0 Å². The lowest BCUT2D eigenvalue weighted by Gasteiger charge is -2.39. The molecule has 1 saturated carbocycles. The van der Waals surface area contributed by atoms with Crippen LogP contribution in [0.4, 0.5) is 0 Å². The second kappa shape index (κ2) is 7.22. The zero-order valence-electron chi connectivity index (χ0n) is 9.76. The average Bonchev–Trinajstić information content (AvgIpc) is 2.31. The molecule has 0 amide bonds. The van der Waals surface area contributed by atoms with Crippen molar-refractivity contribution >= 4 is 0 Å². The monoisotopic (exact) mass is 220 g/mol. The van der Waals surface area contributed by atoms with Crippen LogP contribution < -0.4 is 10.6 Å². The second-order valence-electron chi connectivity index (χ2n) is 4.31. The SMILES string of the molecule is N#CCCNC1(NCCC#N)CCCCC1. The molecule has 1 rings (SSSR count). The molecule has 0 saturated heterocycles.